The second-order valence-electron chi connectivity index (χ2n) is 3.30. The number of aromatic nitrogens is 3. The van der Waals surface area contributed by atoms with Crippen LogP contribution in [0.4, 0.5) is 0 Å². The zero-order chi connectivity index (χ0) is 12.3. The summed E-state index contributed by atoms with van der Waals surface area (Å²) >= 11 is 1.46. The molecule has 0 saturated carbocycles. The average molecular weight is 249 g/mol. The molecule has 0 unspecified atom stereocenters. The zero-order valence-electron chi connectivity index (χ0n) is 9.11. The summed E-state index contributed by atoms with van der Waals surface area (Å²) in [5.74, 6) is -0.00126. The van der Waals surface area contributed by atoms with Gasteiger partial charge < -0.3 is 10.9 Å². The predicted octanol–water partition coefficient (Wildman–Crippen LogP) is 1.06. The molecule has 0 amide bonds. The van der Waals surface area contributed by atoms with Crippen molar-refractivity contribution in [2.24, 2.45) is 17.9 Å². The third kappa shape index (κ3) is 2.76. The predicted molar refractivity (Wildman–Crippen MR) is 64.1 cm³/mol. The maximum atomic E-state index is 8.57. The molecule has 17 heavy (non-hydrogen) atoms. The standard InChI is InChI=1S/C10H11N5OS/c1-15-6-7(5-12-15)17-9-4-2-3-8(13-9)10(11)14-16/h2-6,16H,1H3,(H2,11,14). The Morgan fingerprint density at radius 2 is 2.35 bits per heavy atom. The summed E-state index contributed by atoms with van der Waals surface area (Å²) in [7, 11) is 1.85. The maximum Gasteiger partial charge on any atom is 0.188 e. The Labute approximate surface area is 102 Å². The minimum Gasteiger partial charge on any atom is -0.409 e. The lowest BCUT2D eigenvalue weighted by Gasteiger charge is -2.01. The van der Waals surface area contributed by atoms with Gasteiger partial charge in [-0.2, -0.15) is 5.10 Å². The summed E-state index contributed by atoms with van der Waals surface area (Å²) in [6.45, 7) is 0. The quantitative estimate of drug-likeness (QED) is 0.367. The van der Waals surface area contributed by atoms with Crippen molar-refractivity contribution in [1.29, 1.82) is 0 Å². The molecule has 0 aromatic carbocycles. The lowest BCUT2D eigenvalue weighted by Crippen LogP contribution is -2.14. The maximum absolute atomic E-state index is 8.57. The fraction of sp³-hybridized carbons (Fsp3) is 0.100. The smallest absolute Gasteiger partial charge is 0.188 e. The number of aryl methyl sites for hydroxylation is 1. The Morgan fingerprint density at radius 1 is 1.53 bits per heavy atom. The summed E-state index contributed by atoms with van der Waals surface area (Å²) in [6, 6.07) is 5.34. The molecule has 0 bridgehead atoms. The van der Waals surface area contributed by atoms with Crippen LogP contribution in [-0.4, -0.2) is 25.8 Å². The SMILES string of the molecule is Cn1cc(Sc2cccc(C(N)=NO)n2)cn1. The number of hydrogen-bond donors (Lipinski definition) is 2. The molecule has 88 valence electrons. The van der Waals surface area contributed by atoms with E-state index in [1.165, 1.54) is 11.8 Å². The number of hydrogen-bond acceptors (Lipinski definition) is 5. The van der Waals surface area contributed by atoms with E-state index in [4.69, 9.17) is 10.9 Å². The normalized spacial score (nSPS) is 11.7. The number of pyridine rings is 1. The van der Waals surface area contributed by atoms with Gasteiger partial charge in [0.1, 0.15) is 10.7 Å². The van der Waals surface area contributed by atoms with Crippen molar-refractivity contribution >= 4 is 17.6 Å². The van der Waals surface area contributed by atoms with Gasteiger partial charge in [0.2, 0.25) is 0 Å². The molecule has 0 spiro atoms. The van der Waals surface area contributed by atoms with Gasteiger partial charge >= 0.3 is 0 Å². The number of oxime groups is 1. The fourth-order valence-corrected chi connectivity index (χ4v) is 2.07. The molecule has 6 nitrogen and oxygen atoms in total. The monoisotopic (exact) mass is 249 g/mol. The summed E-state index contributed by atoms with van der Waals surface area (Å²) < 4.78 is 1.72. The van der Waals surface area contributed by atoms with E-state index in [2.05, 4.69) is 15.2 Å². The third-order valence-electron chi connectivity index (χ3n) is 2.00. The van der Waals surface area contributed by atoms with Crippen LogP contribution in [0.2, 0.25) is 0 Å². The van der Waals surface area contributed by atoms with E-state index in [-0.39, 0.29) is 5.84 Å². The van der Waals surface area contributed by atoms with Crippen LogP contribution in [0.5, 0.6) is 0 Å². The van der Waals surface area contributed by atoms with Crippen LogP contribution in [0.15, 0.2) is 45.7 Å². The van der Waals surface area contributed by atoms with Crippen LogP contribution >= 0.6 is 11.8 Å². The minimum absolute atomic E-state index is 0.00126. The first-order valence-electron chi connectivity index (χ1n) is 4.80. The van der Waals surface area contributed by atoms with Crippen LogP contribution in [0.25, 0.3) is 0 Å². The largest absolute Gasteiger partial charge is 0.409 e. The van der Waals surface area contributed by atoms with E-state index in [1.54, 1.807) is 23.0 Å². The van der Waals surface area contributed by atoms with Crippen LogP contribution < -0.4 is 5.73 Å². The Bertz CT molecular complexity index is 551. The highest BCUT2D eigenvalue weighted by Crippen LogP contribution is 2.25. The highest BCUT2D eigenvalue weighted by atomic mass is 32.2. The van der Waals surface area contributed by atoms with Crippen molar-refractivity contribution < 1.29 is 5.21 Å². The van der Waals surface area contributed by atoms with Crippen molar-refractivity contribution in [3.8, 4) is 0 Å². The Morgan fingerprint density at radius 3 is 3.00 bits per heavy atom. The van der Waals surface area contributed by atoms with E-state index >= 15 is 0 Å². The minimum atomic E-state index is -0.00126. The van der Waals surface area contributed by atoms with Gasteiger partial charge in [0.15, 0.2) is 5.84 Å². The topological polar surface area (TPSA) is 89.3 Å². The van der Waals surface area contributed by atoms with Gasteiger partial charge in [-0.15, -0.1) is 0 Å². The van der Waals surface area contributed by atoms with Gasteiger partial charge in [0.25, 0.3) is 0 Å². The Hall–Kier alpha value is -2.02. The van der Waals surface area contributed by atoms with Crippen LogP contribution in [0.3, 0.4) is 0 Å². The molecule has 7 heteroatoms. The van der Waals surface area contributed by atoms with E-state index in [1.807, 2.05) is 19.3 Å². The first-order valence-corrected chi connectivity index (χ1v) is 5.62. The van der Waals surface area contributed by atoms with Crippen molar-refractivity contribution in [3.63, 3.8) is 0 Å². The fourth-order valence-electron chi connectivity index (χ4n) is 1.24. The lowest BCUT2D eigenvalue weighted by atomic mass is 10.3. The molecule has 2 rings (SSSR count). The van der Waals surface area contributed by atoms with Crippen LogP contribution in [-0.2, 0) is 7.05 Å². The van der Waals surface area contributed by atoms with Gasteiger partial charge in [-0.25, -0.2) is 4.98 Å². The van der Waals surface area contributed by atoms with Gasteiger partial charge in [-0.1, -0.05) is 23.0 Å². The van der Waals surface area contributed by atoms with Crippen LogP contribution in [0, 0.1) is 0 Å². The molecule has 3 N–H and O–H groups in total. The molecule has 0 atom stereocenters. The highest BCUT2D eigenvalue weighted by molar-refractivity contribution is 7.99. The molecule has 0 aliphatic heterocycles. The van der Waals surface area contributed by atoms with E-state index in [9.17, 15) is 0 Å². The number of rotatable bonds is 3. The van der Waals surface area contributed by atoms with E-state index in [0.29, 0.717) is 5.69 Å². The Kier molecular flexibility index (Phi) is 3.29. The lowest BCUT2D eigenvalue weighted by molar-refractivity contribution is 0.318. The summed E-state index contributed by atoms with van der Waals surface area (Å²) in [6.07, 6.45) is 3.64. The number of nitrogens with two attached hydrogens (primary N) is 1. The van der Waals surface area contributed by atoms with E-state index < -0.39 is 0 Å². The first-order chi connectivity index (χ1) is 8.19. The molecular formula is C10H11N5OS. The van der Waals surface area contributed by atoms with Crippen LogP contribution in [0.1, 0.15) is 5.69 Å². The summed E-state index contributed by atoms with van der Waals surface area (Å²) in [5.41, 5.74) is 5.92. The number of amidine groups is 1. The molecule has 0 saturated heterocycles. The van der Waals surface area contributed by atoms with Crippen molar-refractivity contribution in [1.82, 2.24) is 14.8 Å². The van der Waals surface area contributed by atoms with Crippen molar-refractivity contribution in [2.45, 2.75) is 9.92 Å². The molecule has 2 heterocycles. The van der Waals surface area contributed by atoms with Crippen molar-refractivity contribution in [3.05, 3.63) is 36.3 Å². The average Bonchev–Trinajstić information content (AvgIpc) is 2.74. The summed E-state index contributed by atoms with van der Waals surface area (Å²) in [5, 5.41) is 16.3. The third-order valence-corrected chi connectivity index (χ3v) is 2.88. The van der Waals surface area contributed by atoms with E-state index in [0.717, 1.165) is 9.92 Å². The van der Waals surface area contributed by atoms with Crippen molar-refractivity contribution in [2.75, 3.05) is 0 Å². The van der Waals surface area contributed by atoms with Gasteiger partial charge in [0, 0.05) is 13.2 Å². The first kappa shape index (κ1) is 11.5. The molecular weight excluding hydrogens is 238 g/mol. The zero-order valence-corrected chi connectivity index (χ0v) is 9.92. The Balaban J connectivity index is 2.22. The number of nitrogens with zero attached hydrogens (tertiary/aromatic N) is 4. The molecule has 2 aromatic heterocycles. The van der Waals surface area contributed by atoms with Gasteiger partial charge in [-0.05, 0) is 12.1 Å². The van der Waals surface area contributed by atoms with Gasteiger partial charge in [0.05, 0.1) is 11.1 Å². The molecule has 0 aliphatic carbocycles. The second kappa shape index (κ2) is 4.88. The summed E-state index contributed by atoms with van der Waals surface area (Å²) in [4.78, 5) is 5.24. The van der Waals surface area contributed by atoms with Gasteiger partial charge in [-0.3, -0.25) is 4.68 Å². The highest BCUT2D eigenvalue weighted by Gasteiger charge is 2.05. The molecule has 0 fully saturated rings. The molecule has 0 radical (unpaired) electrons. The second-order valence-corrected chi connectivity index (χ2v) is 4.39. The molecule has 2 aromatic rings. The molecule has 0 aliphatic rings.